The number of nitrogens with zero attached hydrogens (tertiary/aromatic N) is 1. The third kappa shape index (κ3) is 3.02. The first-order valence-electron chi connectivity index (χ1n) is 6.20. The van der Waals surface area contributed by atoms with Gasteiger partial charge < -0.3 is 10.6 Å². The molecule has 0 spiro atoms. The number of carbonyl (C=O) groups excluding carboxylic acids is 1. The molecule has 20 heavy (non-hydrogen) atoms. The Morgan fingerprint density at radius 3 is 2.65 bits per heavy atom. The molecule has 1 atom stereocenters. The van der Waals surface area contributed by atoms with Crippen molar-refractivity contribution in [2.75, 3.05) is 18.8 Å². The van der Waals surface area contributed by atoms with Gasteiger partial charge in [0, 0.05) is 18.8 Å². The molecule has 1 aliphatic heterocycles. The van der Waals surface area contributed by atoms with Crippen LogP contribution >= 0.6 is 0 Å². The van der Waals surface area contributed by atoms with E-state index in [0.717, 1.165) is 17.0 Å². The highest BCUT2D eigenvalue weighted by molar-refractivity contribution is 5.99. The summed E-state index contributed by atoms with van der Waals surface area (Å²) in [5.74, 6) is -2.69. The zero-order valence-electron chi connectivity index (χ0n) is 10.6. The number of alkyl halides is 3. The largest absolute Gasteiger partial charge is 0.398 e. The van der Waals surface area contributed by atoms with Crippen molar-refractivity contribution in [3.8, 4) is 0 Å². The van der Waals surface area contributed by atoms with Crippen LogP contribution in [0.4, 0.5) is 23.2 Å². The highest BCUT2D eigenvalue weighted by atomic mass is 19.4. The van der Waals surface area contributed by atoms with Gasteiger partial charge in [-0.1, -0.05) is 0 Å². The summed E-state index contributed by atoms with van der Waals surface area (Å²) in [5.41, 5.74) is 5.51. The monoisotopic (exact) mass is 290 g/mol. The minimum Gasteiger partial charge on any atom is -0.398 e. The molecular weight excluding hydrogens is 276 g/mol. The number of nitrogens with two attached hydrogens (primary N) is 1. The van der Waals surface area contributed by atoms with E-state index in [1.807, 2.05) is 0 Å². The van der Waals surface area contributed by atoms with E-state index in [-0.39, 0.29) is 37.2 Å². The number of benzene rings is 1. The molecule has 0 bridgehead atoms. The van der Waals surface area contributed by atoms with Gasteiger partial charge in [-0.2, -0.15) is 13.2 Å². The Morgan fingerprint density at radius 1 is 1.35 bits per heavy atom. The first-order valence-corrected chi connectivity index (χ1v) is 6.20. The van der Waals surface area contributed by atoms with Crippen LogP contribution in [0.2, 0.25) is 0 Å². The topological polar surface area (TPSA) is 46.3 Å². The molecule has 7 heteroatoms. The Bertz CT molecular complexity index is 516. The molecule has 1 aliphatic rings. The second-order valence-corrected chi connectivity index (χ2v) is 4.86. The molecular formula is C13H14F4N2O. The molecule has 1 unspecified atom stereocenters. The van der Waals surface area contributed by atoms with Crippen molar-refractivity contribution in [2.45, 2.75) is 19.0 Å². The number of likely N-dealkylation sites (tertiary alicyclic amines) is 1. The quantitative estimate of drug-likeness (QED) is 0.638. The zero-order valence-corrected chi connectivity index (χ0v) is 10.6. The molecule has 0 aliphatic carbocycles. The summed E-state index contributed by atoms with van der Waals surface area (Å²) in [7, 11) is 0. The lowest BCUT2D eigenvalue weighted by molar-refractivity contribution is -0.184. The second-order valence-electron chi connectivity index (χ2n) is 4.86. The van der Waals surface area contributed by atoms with Crippen LogP contribution < -0.4 is 5.73 Å². The maximum atomic E-state index is 12.9. The molecule has 3 nitrogen and oxygen atoms in total. The van der Waals surface area contributed by atoms with E-state index < -0.39 is 23.8 Å². The van der Waals surface area contributed by atoms with Gasteiger partial charge in [0.1, 0.15) is 5.82 Å². The van der Waals surface area contributed by atoms with Crippen molar-refractivity contribution in [1.82, 2.24) is 4.90 Å². The third-order valence-electron chi connectivity index (χ3n) is 3.42. The number of hydrogen-bond donors (Lipinski definition) is 1. The number of carbonyl (C=O) groups is 1. The van der Waals surface area contributed by atoms with Gasteiger partial charge in [0.25, 0.3) is 5.91 Å². The average molecular weight is 290 g/mol. The van der Waals surface area contributed by atoms with Crippen molar-refractivity contribution in [2.24, 2.45) is 5.92 Å². The standard InChI is InChI=1S/C13H14F4N2O/c14-9-3-4-10(11(18)6-9)12(20)19-5-1-2-8(7-19)13(15,16)17/h3-4,6,8H,1-2,5,7,18H2. The highest BCUT2D eigenvalue weighted by Gasteiger charge is 2.42. The van der Waals surface area contributed by atoms with Crippen molar-refractivity contribution in [1.29, 1.82) is 0 Å². The van der Waals surface area contributed by atoms with Gasteiger partial charge in [0.2, 0.25) is 0 Å². The Hall–Kier alpha value is -1.79. The van der Waals surface area contributed by atoms with Crippen LogP contribution in [-0.4, -0.2) is 30.1 Å². The lowest BCUT2D eigenvalue weighted by Gasteiger charge is -2.34. The van der Waals surface area contributed by atoms with Gasteiger partial charge in [-0.15, -0.1) is 0 Å². The lowest BCUT2D eigenvalue weighted by Crippen LogP contribution is -2.44. The first kappa shape index (κ1) is 14.6. The van der Waals surface area contributed by atoms with Crippen LogP contribution in [0.15, 0.2) is 18.2 Å². The normalized spacial score (nSPS) is 20.0. The SMILES string of the molecule is Nc1cc(F)ccc1C(=O)N1CCCC(C(F)(F)F)C1. The molecule has 1 fully saturated rings. The number of halogens is 4. The number of anilines is 1. The molecule has 0 aromatic heterocycles. The highest BCUT2D eigenvalue weighted by Crippen LogP contribution is 2.33. The summed E-state index contributed by atoms with van der Waals surface area (Å²) in [6.45, 7) is -0.124. The van der Waals surface area contributed by atoms with Crippen molar-refractivity contribution >= 4 is 11.6 Å². The Balaban J connectivity index is 2.16. The van der Waals surface area contributed by atoms with Gasteiger partial charge in [-0.05, 0) is 31.0 Å². The number of hydrogen-bond acceptors (Lipinski definition) is 2. The Morgan fingerprint density at radius 2 is 2.05 bits per heavy atom. The van der Waals surface area contributed by atoms with E-state index in [2.05, 4.69) is 0 Å². The van der Waals surface area contributed by atoms with Gasteiger partial charge >= 0.3 is 6.18 Å². The van der Waals surface area contributed by atoms with E-state index in [4.69, 9.17) is 5.73 Å². The molecule has 0 saturated carbocycles. The van der Waals surface area contributed by atoms with Gasteiger partial charge in [-0.3, -0.25) is 4.79 Å². The molecule has 1 aromatic rings. The number of rotatable bonds is 1. The molecule has 1 heterocycles. The van der Waals surface area contributed by atoms with Crippen molar-refractivity contribution in [3.05, 3.63) is 29.6 Å². The Labute approximate surface area is 113 Å². The zero-order chi connectivity index (χ0) is 14.9. The van der Waals surface area contributed by atoms with Gasteiger partial charge in [0.05, 0.1) is 11.5 Å². The fourth-order valence-electron chi connectivity index (χ4n) is 2.33. The predicted molar refractivity (Wildman–Crippen MR) is 65.5 cm³/mol. The minimum atomic E-state index is -4.31. The van der Waals surface area contributed by atoms with E-state index in [0.29, 0.717) is 0 Å². The minimum absolute atomic E-state index is 0.0200. The number of amides is 1. The molecule has 1 amide bonds. The average Bonchev–Trinajstić information content (AvgIpc) is 2.37. The third-order valence-corrected chi connectivity index (χ3v) is 3.42. The molecule has 1 saturated heterocycles. The van der Waals surface area contributed by atoms with Crippen LogP contribution in [0.25, 0.3) is 0 Å². The van der Waals surface area contributed by atoms with E-state index in [1.54, 1.807) is 0 Å². The van der Waals surface area contributed by atoms with Crippen LogP contribution in [0.1, 0.15) is 23.2 Å². The predicted octanol–water partition coefficient (Wildman–Crippen LogP) is 2.82. The van der Waals surface area contributed by atoms with Gasteiger partial charge in [0.15, 0.2) is 0 Å². The summed E-state index contributed by atoms with van der Waals surface area (Å²) in [6.07, 6.45) is -4.00. The van der Waals surface area contributed by atoms with Gasteiger partial charge in [-0.25, -0.2) is 4.39 Å². The van der Waals surface area contributed by atoms with E-state index in [1.165, 1.54) is 6.07 Å². The summed E-state index contributed by atoms with van der Waals surface area (Å²) >= 11 is 0. The van der Waals surface area contributed by atoms with Crippen molar-refractivity contribution < 1.29 is 22.4 Å². The second kappa shape index (κ2) is 5.30. The van der Waals surface area contributed by atoms with Crippen LogP contribution in [-0.2, 0) is 0 Å². The van der Waals surface area contributed by atoms with Crippen LogP contribution in [0, 0.1) is 11.7 Å². The summed E-state index contributed by atoms with van der Waals surface area (Å²) in [5, 5.41) is 0. The molecule has 110 valence electrons. The number of piperidine rings is 1. The van der Waals surface area contributed by atoms with E-state index >= 15 is 0 Å². The molecule has 1 aromatic carbocycles. The fraction of sp³-hybridized carbons (Fsp3) is 0.462. The Kier molecular flexibility index (Phi) is 3.87. The van der Waals surface area contributed by atoms with E-state index in [9.17, 15) is 22.4 Å². The molecule has 2 rings (SSSR count). The summed E-state index contributed by atoms with van der Waals surface area (Å²) in [6, 6.07) is 3.25. The molecule has 0 radical (unpaired) electrons. The summed E-state index contributed by atoms with van der Waals surface area (Å²) < 4.78 is 51.0. The van der Waals surface area contributed by atoms with Crippen LogP contribution in [0.3, 0.4) is 0 Å². The first-order chi connectivity index (χ1) is 9.29. The number of nitrogen functional groups attached to an aromatic ring is 1. The maximum Gasteiger partial charge on any atom is 0.393 e. The maximum absolute atomic E-state index is 12.9. The fourth-order valence-corrected chi connectivity index (χ4v) is 2.33. The lowest BCUT2D eigenvalue weighted by atomic mass is 9.96. The summed E-state index contributed by atoms with van der Waals surface area (Å²) in [4.78, 5) is 13.3. The smallest absolute Gasteiger partial charge is 0.393 e. The van der Waals surface area contributed by atoms with Crippen molar-refractivity contribution in [3.63, 3.8) is 0 Å². The molecule has 2 N–H and O–H groups in total. The van der Waals surface area contributed by atoms with Crippen LogP contribution in [0.5, 0.6) is 0 Å².